The zero-order valence-electron chi connectivity index (χ0n) is 15.5. The molecule has 1 unspecified atom stereocenters. The van der Waals surface area contributed by atoms with E-state index in [2.05, 4.69) is 42.8 Å². The van der Waals surface area contributed by atoms with E-state index in [0.29, 0.717) is 12.0 Å². The van der Waals surface area contributed by atoms with Gasteiger partial charge in [-0.3, -0.25) is 0 Å². The van der Waals surface area contributed by atoms with E-state index >= 15 is 0 Å². The number of amides is 1. The standard InChI is InChI=1S/C19H30N2O2S/c1-14(20-16-6-8-17(24-5)9-7-16)15-10-12-21(13-11-15)18(22)23-19(2,3)4/h6-9,14-15,20H,10-13H2,1-5H3. The summed E-state index contributed by atoms with van der Waals surface area (Å²) in [5, 5.41) is 3.60. The molecular formula is C19H30N2O2S. The molecule has 0 radical (unpaired) electrons. The lowest BCUT2D eigenvalue weighted by Gasteiger charge is -2.36. The Hall–Kier alpha value is -1.36. The van der Waals surface area contributed by atoms with Gasteiger partial charge in [-0.2, -0.15) is 0 Å². The van der Waals surface area contributed by atoms with Crippen LogP contribution in [0.3, 0.4) is 0 Å². The van der Waals surface area contributed by atoms with Gasteiger partial charge in [0.25, 0.3) is 0 Å². The topological polar surface area (TPSA) is 41.6 Å². The Balaban J connectivity index is 1.81. The van der Waals surface area contributed by atoms with Crippen LogP contribution < -0.4 is 5.32 Å². The fourth-order valence-electron chi connectivity index (χ4n) is 2.98. The van der Waals surface area contributed by atoms with Crippen molar-refractivity contribution >= 4 is 23.5 Å². The van der Waals surface area contributed by atoms with E-state index < -0.39 is 5.60 Å². The van der Waals surface area contributed by atoms with Crippen LogP contribution in [-0.2, 0) is 4.74 Å². The van der Waals surface area contributed by atoms with Crippen LogP contribution in [0.2, 0.25) is 0 Å². The van der Waals surface area contributed by atoms with Gasteiger partial charge >= 0.3 is 6.09 Å². The number of benzene rings is 1. The highest BCUT2D eigenvalue weighted by Gasteiger charge is 2.29. The van der Waals surface area contributed by atoms with Gasteiger partial charge in [0.15, 0.2) is 0 Å². The van der Waals surface area contributed by atoms with Gasteiger partial charge in [0.05, 0.1) is 0 Å². The molecule has 24 heavy (non-hydrogen) atoms. The number of hydrogen-bond acceptors (Lipinski definition) is 4. The molecule has 1 saturated heterocycles. The number of carbonyl (C=O) groups excluding carboxylic acids is 1. The molecular weight excluding hydrogens is 320 g/mol. The summed E-state index contributed by atoms with van der Waals surface area (Å²) in [6, 6.07) is 8.96. The molecule has 1 aliphatic rings. The second-order valence-electron chi connectivity index (χ2n) is 7.47. The SMILES string of the molecule is CSc1ccc(NC(C)C2CCN(C(=O)OC(C)(C)C)CC2)cc1. The maximum atomic E-state index is 12.1. The Kier molecular flexibility index (Phi) is 6.44. The van der Waals surface area contributed by atoms with E-state index in [1.54, 1.807) is 11.8 Å². The third-order valence-electron chi connectivity index (χ3n) is 4.38. The van der Waals surface area contributed by atoms with Crippen molar-refractivity contribution in [2.45, 2.75) is 57.1 Å². The average Bonchev–Trinajstić information content (AvgIpc) is 2.54. The number of thioether (sulfide) groups is 1. The highest BCUT2D eigenvalue weighted by molar-refractivity contribution is 7.98. The van der Waals surface area contributed by atoms with Crippen LogP contribution >= 0.6 is 11.8 Å². The number of nitrogens with one attached hydrogen (secondary N) is 1. The number of carbonyl (C=O) groups is 1. The van der Waals surface area contributed by atoms with Gasteiger partial charge in [-0.05, 0) is 77.0 Å². The largest absolute Gasteiger partial charge is 0.444 e. The first-order valence-corrected chi connectivity index (χ1v) is 9.89. The predicted molar refractivity (Wildman–Crippen MR) is 102 cm³/mol. The number of piperidine rings is 1. The maximum Gasteiger partial charge on any atom is 0.410 e. The molecule has 1 aliphatic heterocycles. The average molecular weight is 351 g/mol. The lowest BCUT2D eigenvalue weighted by molar-refractivity contribution is 0.0179. The second-order valence-corrected chi connectivity index (χ2v) is 8.35. The summed E-state index contributed by atoms with van der Waals surface area (Å²) >= 11 is 1.75. The Morgan fingerprint density at radius 1 is 1.25 bits per heavy atom. The van der Waals surface area contributed by atoms with E-state index in [1.165, 1.54) is 4.90 Å². The minimum absolute atomic E-state index is 0.186. The molecule has 1 amide bonds. The van der Waals surface area contributed by atoms with Crippen LogP contribution in [0.1, 0.15) is 40.5 Å². The molecule has 4 nitrogen and oxygen atoms in total. The number of ether oxygens (including phenoxy) is 1. The number of nitrogens with zero attached hydrogens (tertiary/aromatic N) is 1. The lowest BCUT2D eigenvalue weighted by atomic mass is 9.90. The molecule has 1 aromatic carbocycles. The van der Waals surface area contributed by atoms with Crippen LogP contribution in [0.15, 0.2) is 29.2 Å². The van der Waals surface area contributed by atoms with Crippen LogP contribution in [0.4, 0.5) is 10.5 Å². The minimum atomic E-state index is -0.425. The molecule has 0 bridgehead atoms. The van der Waals surface area contributed by atoms with Gasteiger partial charge in [0.2, 0.25) is 0 Å². The van der Waals surface area contributed by atoms with Crippen molar-refractivity contribution in [3.05, 3.63) is 24.3 Å². The summed E-state index contributed by atoms with van der Waals surface area (Å²) < 4.78 is 5.46. The fraction of sp³-hybridized carbons (Fsp3) is 0.632. The van der Waals surface area contributed by atoms with Gasteiger partial charge in [-0.15, -0.1) is 11.8 Å². The molecule has 0 aliphatic carbocycles. The van der Waals surface area contributed by atoms with Crippen LogP contribution in [0, 0.1) is 5.92 Å². The third-order valence-corrected chi connectivity index (χ3v) is 5.13. The molecule has 0 saturated carbocycles. The van der Waals surface area contributed by atoms with Gasteiger partial charge in [-0.1, -0.05) is 0 Å². The summed E-state index contributed by atoms with van der Waals surface area (Å²) in [6.45, 7) is 9.51. The molecule has 5 heteroatoms. The number of hydrogen-bond donors (Lipinski definition) is 1. The summed E-state index contributed by atoms with van der Waals surface area (Å²) in [6.07, 6.45) is 3.92. The Bertz CT molecular complexity index is 531. The number of rotatable bonds is 4. The maximum absolute atomic E-state index is 12.1. The molecule has 1 N–H and O–H groups in total. The van der Waals surface area contributed by atoms with Gasteiger partial charge in [0.1, 0.15) is 5.60 Å². The quantitative estimate of drug-likeness (QED) is 0.788. The smallest absolute Gasteiger partial charge is 0.410 e. The first kappa shape index (κ1) is 19.0. The first-order chi connectivity index (χ1) is 11.3. The Morgan fingerprint density at radius 3 is 2.33 bits per heavy atom. The van der Waals surface area contributed by atoms with Crippen molar-refractivity contribution < 1.29 is 9.53 Å². The zero-order valence-corrected chi connectivity index (χ0v) is 16.3. The summed E-state index contributed by atoms with van der Waals surface area (Å²) in [4.78, 5) is 15.2. The first-order valence-electron chi connectivity index (χ1n) is 8.67. The van der Waals surface area contributed by atoms with Crippen molar-refractivity contribution in [1.82, 2.24) is 4.90 Å². The van der Waals surface area contributed by atoms with Crippen LogP contribution in [0.25, 0.3) is 0 Å². The van der Waals surface area contributed by atoms with Crippen LogP contribution in [-0.4, -0.2) is 42.0 Å². The van der Waals surface area contributed by atoms with Crippen molar-refractivity contribution in [3.63, 3.8) is 0 Å². The highest BCUT2D eigenvalue weighted by Crippen LogP contribution is 2.25. The molecule has 1 heterocycles. The van der Waals surface area contributed by atoms with E-state index in [-0.39, 0.29) is 6.09 Å². The van der Waals surface area contributed by atoms with E-state index in [4.69, 9.17) is 4.74 Å². The molecule has 2 rings (SSSR count). The normalized spacial score (nSPS) is 17.5. The Morgan fingerprint density at radius 2 is 1.83 bits per heavy atom. The number of likely N-dealkylation sites (tertiary alicyclic amines) is 1. The molecule has 0 spiro atoms. The van der Waals surface area contributed by atoms with Gasteiger partial charge in [-0.25, -0.2) is 4.79 Å². The zero-order chi connectivity index (χ0) is 17.7. The second kappa shape index (κ2) is 8.15. The third kappa shape index (κ3) is 5.62. The summed E-state index contributed by atoms with van der Waals surface area (Å²) in [7, 11) is 0. The highest BCUT2D eigenvalue weighted by atomic mass is 32.2. The van der Waals surface area contributed by atoms with E-state index in [1.807, 2.05) is 25.7 Å². The minimum Gasteiger partial charge on any atom is -0.444 e. The van der Waals surface area contributed by atoms with Crippen molar-refractivity contribution in [2.24, 2.45) is 5.92 Å². The molecule has 1 fully saturated rings. The monoisotopic (exact) mass is 350 g/mol. The van der Waals surface area contributed by atoms with Gasteiger partial charge in [0, 0.05) is 29.7 Å². The molecule has 1 atom stereocenters. The predicted octanol–water partition coefficient (Wildman–Crippen LogP) is 4.86. The molecule has 134 valence electrons. The fourth-order valence-corrected chi connectivity index (χ4v) is 3.38. The lowest BCUT2D eigenvalue weighted by Crippen LogP contribution is -2.44. The summed E-state index contributed by atoms with van der Waals surface area (Å²) in [5.74, 6) is 0.573. The van der Waals surface area contributed by atoms with Crippen molar-refractivity contribution in [2.75, 3.05) is 24.7 Å². The van der Waals surface area contributed by atoms with Crippen molar-refractivity contribution in [1.29, 1.82) is 0 Å². The van der Waals surface area contributed by atoms with Crippen LogP contribution in [0.5, 0.6) is 0 Å². The molecule has 0 aromatic heterocycles. The molecule has 1 aromatic rings. The number of anilines is 1. The van der Waals surface area contributed by atoms with Crippen molar-refractivity contribution in [3.8, 4) is 0 Å². The Labute approximate surface area is 150 Å². The van der Waals surface area contributed by atoms with E-state index in [0.717, 1.165) is 31.6 Å². The van der Waals surface area contributed by atoms with E-state index in [9.17, 15) is 4.79 Å². The summed E-state index contributed by atoms with van der Waals surface area (Å²) in [5.41, 5.74) is 0.737. The van der Waals surface area contributed by atoms with Gasteiger partial charge < -0.3 is 15.0 Å².